The first kappa shape index (κ1) is 11.8. The Morgan fingerprint density at radius 1 is 1.69 bits per heavy atom. The molecule has 0 bridgehead atoms. The lowest BCUT2D eigenvalue weighted by molar-refractivity contribution is -0.138. The maximum absolute atomic E-state index is 10.5. The smallest absolute Gasteiger partial charge is 0.407 e. The molecule has 0 heterocycles. The molecule has 0 rings (SSSR count). The normalized spacial score (nSPS) is 14.3. The number of hydrogen-bond donors (Lipinski definition) is 2. The highest BCUT2D eigenvalue weighted by Crippen LogP contribution is 1.88. The van der Waals surface area contributed by atoms with Gasteiger partial charge in [-0.05, 0) is 0 Å². The molecule has 0 spiro atoms. The van der Waals surface area contributed by atoms with E-state index in [-0.39, 0.29) is 0 Å². The summed E-state index contributed by atoms with van der Waals surface area (Å²) in [6.07, 6.45) is -0.988. The molecule has 1 unspecified atom stereocenters. The highest BCUT2D eigenvalue weighted by Gasteiger charge is 2.19. The number of aliphatic carboxylic acids is 1. The summed E-state index contributed by atoms with van der Waals surface area (Å²) in [6, 6.07) is -1.48. The number of hydrogen-bond acceptors (Lipinski definition) is 5. The van der Waals surface area contributed by atoms with Crippen molar-refractivity contribution in [2.75, 3.05) is 12.9 Å². The molecule has 76 valence electrons. The zero-order valence-electron chi connectivity index (χ0n) is 6.68. The zero-order chi connectivity index (χ0) is 10.4. The van der Waals surface area contributed by atoms with Gasteiger partial charge in [0.05, 0.1) is 7.11 Å². The summed E-state index contributed by atoms with van der Waals surface area (Å²) in [6.45, 7) is 0. The quantitative estimate of drug-likeness (QED) is 0.555. The molecule has 2 atom stereocenters. The lowest BCUT2D eigenvalue weighted by Gasteiger charge is -2.14. The standard InChI is InChI=1S/C5H9NO6S/c1-12-5(9)6-3(4(7)8)2-13(10)11/h3H,2H2,1H3,(H,6,9)(H,7,8)(H,10,11)/p-1/t3-/m0/s1. The van der Waals surface area contributed by atoms with Crippen LogP contribution in [0.5, 0.6) is 0 Å². The molecule has 8 heteroatoms. The van der Waals surface area contributed by atoms with Gasteiger partial charge >= 0.3 is 12.1 Å². The van der Waals surface area contributed by atoms with Crippen LogP contribution >= 0.6 is 0 Å². The van der Waals surface area contributed by atoms with Crippen LogP contribution in [0.3, 0.4) is 0 Å². The Kier molecular flexibility index (Phi) is 5.00. The van der Waals surface area contributed by atoms with Crippen LogP contribution in [0.2, 0.25) is 0 Å². The minimum atomic E-state index is -2.54. The van der Waals surface area contributed by atoms with E-state index in [2.05, 4.69) is 4.74 Å². The predicted octanol–water partition coefficient (Wildman–Crippen LogP) is -1.33. The molecule has 0 saturated heterocycles. The molecule has 0 saturated carbocycles. The van der Waals surface area contributed by atoms with E-state index in [0.717, 1.165) is 7.11 Å². The maximum atomic E-state index is 10.5. The fourth-order valence-corrected chi connectivity index (χ4v) is 1.01. The maximum Gasteiger partial charge on any atom is 0.407 e. The highest BCUT2D eigenvalue weighted by atomic mass is 32.2. The second-order valence-corrected chi connectivity index (χ2v) is 2.94. The van der Waals surface area contributed by atoms with Gasteiger partial charge in [0.25, 0.3) is 0 Å². The van der Waals surface area contributed by atoms with E-state index in [0.29, 0.717) is 0 Å². The van der Waals surface area contributed by atoms with Crippen molar-refractivity contribution < 1.29 is 28.2 Å². The topological polar surface area (TPSA) is 116 Å². The predicted molar refractivity (Wildman–Crippen MR) is 40.8 cm³/mol. The van der Waals surface area contributed by atoms with Crippen LogP contribution in [0.1, 0.15) is 0 Å². The van der Waals surface area contributed by atoms with E-state index in [1.54, 1.807) is 0 Å². The number of rotatable bonds is 4. The largest absolute Gasteiger partial charge is 0.772 e. The Morgan fingerprint density at radius 3 is 2.54 bits per heavy atom. The SMILES string of the molecule is COC(=O)N[C@@H](CS(=O)[O-])C(=O)O. The van der Waals surface area contributed by atoms with Crippen molar-refractivity contribution in [2.24, 2.45) is 0 Å². The minimum absolute atomic E-state index is 0.690. The van der Waals surface area contributed by atoms with Gasteiger partial charge in [0.15, 0.2) is 0 Å². The van der Waals surface area contributed by atoms with Gasteiger partial charge in [-0.3, -0.25) is 4.21 Å². The lowest BCUT2D eigenvalue weighted by Crippen LogP contribution is -2.44. The third kappa shape index (κ3) is 5.15. The van der Waals surface area contributed by atoms with Gasteiger partial charge in [0, 0.05) is 5.75 Å². The monoisotopic (exact) mass is 210 g/mol. The molecule has 0 fully saturated rings. The first-order valence-electron chi connectivity index (χ1n) is 3.10. The van der Waals surface area contributed by atoms with Gasteiger partial charge in [-0.25, -0.2) is 9.59 Å². The Labute approximate surface area is 76.4 Å². The molecular formula is C5H8NO6S-. The number of ether oxygens (including phenoxy) is 1. The van der Waals surface area contributed by atoms with E-state index in [1.807, 2.05) is 5.32 Å². The van der Waals surface area contributed by atoms with Crippen LogP contribution in [0.4, 0.5) is 4.79 Å². The summed E-state index contributed by atoms with van der Waals surface area (Å²) in [7, 11) is 1.04. The summed E-state index contributed by atoms with van der Waals surface area (Å²) in [5.74, 6) is -2.13. The number of carboxylic acids is 1. The molecule has 0 aliphatic heterocycles. The molecule has 0 aliphatic rings. The Balaban J connectivity index is 4.18. The molecule has 1 amide bonds. The summed E-state index contributed by atoms with van der Waals surface area (Å²) in [5, 5.41) is 10.3. The summed E-state index contributed by atoms with van der Waals surface area (Å²) >= 11 is -2.54. The molecule has 0 aromatic rings. The number of carbonyl (C=O) groups is 2. The minimum Gasteiger partial charge on any atom is -0.772 e. The van der Waals surface area contributed by atoms with Crippen LogP contribution in [-0.2, 0) is 20.6 Å². The van der Waals surface area contributed by atoms with Crippen molar-refractivity contribution >= 4 is 23.1 Å². The van der Waals surface area contributed by atoms with Crippen molar-refractivity contribution in [2.45, 2.75) is 6.04 Å². The molecule has 0 aromatic heterocycles. The van der Waals surface area contributed by atoms with Gasteiger partial charge in [-0.15, -0.1) is 0 Å². The third-order valence-corrected chi connectivity index (χ3v) is 1.68. The second-order valence-electron chi connectivity index (χ2n) is 2.00. The van der Waals surface area contributed by atoms with E-state index in [9.17, 15) is 18.4 Å². The van der Waals surface area contributed by atoms with Gasteiger partial charge < -0.3 is 19.7 Å². The highest BCUT2D eigenvalue weighted by molar-refractivity contribution is 7.79. The fraction of sp³-hybridized carbons (Fsp3) is 0.600. The van der Waals surface area contributed by atoms with Crippen LogP contribution in [0, 0.1) is 0 Å². The molecule has 7 nitrogen and oxygen atoms in total. The van der Waals surface area contributed by atoms with E-state index >= 15 is 0 Å². The lowest BCUT2D eigenvalue weighted by atomic mass is 10.3. The first-order chi connectivity index (χ1) is 5.97. The average Bonchev–Trinajstić information content (AvgIpc) is 2.02. The van der Waals surface area contributed by atoms with Crippen LogP contribution in [-0.4, -0.2) is 44.8 Å². The third-order valence-electron chi connectivity index (χ3n) is 1.08. The van der Waals surface area contributed by atoms with Gasteiger partial charge in [0.1, 0.15) is 6.04 Å². The number of amides is 1. The Hall–Kier alpha value is -1.15. The Bertz CT molecular complexity index is 229. The van der Waals surface area contributed by atoms with Crippen LogP contribution in [0.25, 0.3) is 0 Å². The number of carboxylic acid groups (broad SMARTS) is 1. The van der Waals surface area contributed by atoms with E-state index < -0.39 is 34.9 Å². The van der Waals surface area contributed by atoms with Crippen LogP contribution in [0.15, 0.2) is 0 Å². The van der Waals surface area contributed by atoms with E-state index in [1.165, 1.54) is 0 Å². The van der Waals surface area contributed by atoms with Crippen molar-refractivity contribution in [1.29, 1.82) is 0 Å². The van der Waals surface area contributed by atoms with Gasteiger partial charge in [-0.1, -0.05) is 11.1 Å². The molecule has 2 N–H and O–H groups in total. The first-order valence-corrected chi connectivity index (χ1v) is 4.35. The number of methoxy groups -OCH3 is 1. The number of nitrogens with one attached hydrogen (secondary N) is 1. The zero-order valence-corrected chi connectivity index (χ0v) is 7.50. The van der Waals surface area contributed by atoms with Crippen molar-refractivity contribution in [1.82, 2.24) is 5.32 Å². The van der Waals surface area contributed by atoms with Gasteiger partial charge in [0.2, 0.25) is 0 Å². The second kappa shape index (κ2) is 5.49. The Morgan fingerprint density at radius 2 is 2.23 bits per heavy atom. The summed E-state index contributed by atoms with van der Waals surface area (Å²) < 4.78 is 24.4. The molecular weight excluding hydrogens is 202 g/mol. The van der Waals surface area contributed by atoms with Crippen molar-refractivity contribution in [3.05, 3.63) is 0 Å². The van der Waals surface area contributed by atoms with Crippen molar-refractivity contribution in [3.8, 4) is 0 Å². The van der Waals surface area contributed by atoms with Crippen molar-refractivity contribution in [3.63, 3.8) is 0 Å². The number of alkyl carbamates (subject to hydrolysis) is 1. The summed E-state index contributed by atoms with van der Waals surface area (Å²) in [4.78, 5) is 20.9. The van der Waals surface area contributed by atoms with E-state index in [4.69, 9.17) is 5.11 Å². The number of carbonyl (C=O) groups excluding carboxylic acids is 1. The molecule has 0 aromatic carbocycles. The molecule has 13 heavy (non-hydrogen) atoms. The van der Waals surface area contributed by atoms with Gasteiger partial charge in [-0.2, -0.15) is 0 Å². The fourth-order valence-electron chi connectivity index (χ4n) is 0.512. The summed E-state index contributed by atoms with van der Waals surface area (Å²) in [5.41, 5.74) is 0. The molecule has 0 aliphatic carbocycles. The molecule has 0 radical (unpaired) electrons. The average molecular weight is 210 g/mol. The van der Waals surface area contributed by atoms with Crippen LogP contribution < -0.4 is 5.32 Å².